The number of hydrogen-bond donors (Lipinski definition) is 3. The van der Waals surface area contributed by atoms with Gasteiger partial charge in [0.05, 0.1) is 12.8 Å². The first-order valence-electron chi connectivity index (χ1n) is 11.5. The molecule has 1 amide bonds. The summed E-state index contributed by atoms with van der Waals surface area (Å²) in [6, 6.07) is 4.93. The number of methoxy groups -OCH3 is 1. The van der Waals surface area contributed by atoms with E-state index in [-0.39, 0.29) is 11.7 Å². The molecule has 1 aliphatic carbocycles. The third kappa shape index (κ3) is 4.93. The Balaban J connectivity index is 1.61. The van der Waals surface area contributed by atoms with Gasteiger partial charge in [-0.1, -0.05) is 19.3 Å². The van der Waals surface area contributed by atoms with E-state index in [1.165, 1.54) is 17.5 Å². The number of amides is 1. The van der Waals surface area contributed by atoms with Crippen LogP contribution in [-0.2, 0) is 13.0 Å². The van der Waals surface area contributed by atoms with Crippen LogP contribution >= 0.6 is 0 Å². The Kier molecular flexibility index (Phi) is 6.74. The molecule has 1 fully saturated rings. The molecule has 0 atom stereocenters. The standard InChI is InChI=1S/C23H33N7O2/c1-14(2)30-10-9-15-12-19(32-3)18(11-16(15)13-30)26-23-27-22(20(21(24)31)28-29-23)25-17-7-5-4-6-8-17/h11-12,14,17H,4-10,13H2,1-3H3,(H2,24,31)(H2,25,26,27,29). The average Bonchev–Trinajstić information content (AvgIpc) is 2.78. The van der Waals surface area contributed by atoms with E-state index in [4.69, 9.17) is 10.5 Å². The fourth-order valence-corrected chi connectivity index (χ4v) is 4.52. The van der Waals surface area contributed by atoms with Crippen molar-refractivity contribution in [2.45, 2.75) is 71.0 Å². The second-order valence-electron chi connectivity index (χ2n) is 8.94. The van der Waals surface area contributed by atoms with Crippen LogP contribution in [0.3, 0.4) is 0 Å². The van der Waals surface area contributed by atoms with Crippen molar-refractivity contribution in [2.24, 2.45) is 5.73 Å². The fraction of sp³-hybridized carbons (Fsp3) is 0.565. The molecule has 1 aromatic heterocycles. The summed E-state index contributed by atoms with van der Waals surface area (Å²) < 4.78 is 5.63. The fourth-order valence-electron chi connectivity index (χ4n) is 4.52. The number of benzene rings is 1. The van der Waals surface area contributed by atoms with Crippen molar-refractivity contribution >= 4 is 23.4 Å². The summed E-state index contributed by atoms with van der Waals surface area (Å²) in [5, 5.41) is 14.8. The van der Waals surface area contributed by atoms with Crippen molar-refractivity contribution < 1.29 is 9.53 Å². The van der Waals surface area contributed by atoms with Crippen molar-refractivity contribution in [1.29, 1.82) is 0 Å². The van der Waals surface area contributed by atoms with Gasteiger partial charge in [-0.3, -0.25) is 9.69 Å². The Morgan fingerprint density at radius 1 is 1.19 bits per heavy atom. The van der Waals surface area contributed by atoms with Gasteiger partial charge in [0.15, 0.2) is 11.5 Å². The van der Waals surface area contributed by atoms with Gasteiger partial charge in [0.1, 0.15) is 5.75 Å². The molecule has 172 valence electrons. The normalized spacial score (nSPS) is 17.1. The summed E-state index contributed by atoms with van der Waals surface area (Å²) in [5.41, 5.74) is 8.91. The van der Waals surface area contributed by atoms with Crippen molar-refractivity contribution in [2.75, 3.05) is 24.3 Å². The molecule has 1 saturated carbocycles. The van der Waals surface area contributed by atoms with Crippen LogP contribution in [-0.4, -0.2) is 51.7 Å². The summed E-state index contributed by atoms with van der Waals surface area (Å²) in [6.45, 7) is 6.36. The number of nitrogens with one attached hydrogen (secondary N) is 2. The quantitative estimate of drug-likeness (QED) is 0.602. The van der Waals surface area contributed by atoms with Gasteiger partial charge >= 0.3 is 0 Å². The zero-order valence-electron chi connectivity index (χ0n) is 19.1. The first kappa shape index (κ1) is 22.3. The second kappa shape index (κ2) is 9.68. The number of anilines is 3. The highest BCUT2D eigenvalue weighted by atomic mass is 16.5. The van der Waals surface area contributed by atoms with Gasteiger partial charge in [-0.05, 0) is 56.4 Å². The first-order chi connectivity index (χ1) is 15.4. The lowest BCUT2D eigenvalue weighted by Gasteiger charge is -2.32. The monoisotopic (exact) mass is 439 g/mol. The molecular formula is C23H33N7O2. The Hall–Kier alpha value is -2.94. The number of fused-ring (bicyclic) bond motifs is 1. The second-order valence-corrected chi connectivity index (χ2v) is 8.94. The van der Waals surface area contributed by atoms with Gasteiger partial charge in [-0.2, -0.15) is 4.98 Å². The molecule has 0 spiro atoms. The van der Waals surface area contributed by atoms with Crippen LogP contribution in [0.4, 0.5) is 17.5 Å². The lowest BCUT2D eigenvalue weighted by Crippen LogP contribution is -2.35. The number of ether oxygens (including phenoxy) is 1. The largest absolute Gasteiger partial charge is 0.495 e. The maximum Gasteiger partial charge on any atom is 0.273 e. The maximum absolute atomic E-state index is 11.9. The van der Waals surface area contributed by atoms with Crippen LogP contribution in [0.15, 0.2) is 12.1 Å². The van der Waals surface area contributed by atoms with Crippen LogP contribution in [0.1, 0.15) is 67.6 Å². The van der Waals surface area contributed by atoms with E-state index in [1.54, 1.807) is 7.11 Å². The number of aromatic nitrogens is 3. The molecule has 2 heterocycles. The number of carbonyl (C=O) groups is 1. The smallest absolute Gasteiger partial charge is 0.273 e. The van der Waals surface area contributed by atoms with Crippen LogP contribution in [0, 0.1) is 0 Å². The van der Waals surface area contributed by atoms with Gasteiger partial charge < -0.3 is 21.1 Å². The molecule has 0 saturated heterocycles. The molecule has 1 aromatic carbocycles. The molecule has 2 aromatic rings. The average molecular weight is 440 g/mol. The predicted molar refractivity (Wildman–Crippen MR) is 124 cm³/mol. The van der Waals surface area contributed by atoms with Crippen molar-refractivity contribution in [3.63, 3.8) is 0 Å². The number of hydrogen-bond acceptors (Lipinski definition) is 8. The minimum Gasteiger partial charge on any atom is -0.495 e. The number of rotatable bonds is 7. The van der Waals surface area contributed by atoms with Crippen LogP contribution in [0.5, 0.6) is 5.75 Å². The van der Waals surface area contributed by atoms with Gasteiger partial charge in [-0.25, -0.2) is 0 Å². The maximum atomic E-state index is 11.9. The molecule has 2 aliphatic rings. The molecular weight excluding hydrogens is 406 g/mol. The Bertz CT molecular complexity index is 973. The predicted octanol–water partition coefficient (Wildman–Crippen LogP) is 3.23. The summed E-state index contributed by atoms with van der Waals surface area (Å²) in [7, 11) is 1.65. The number of nitrogens with two attached hydrogens (primary N) is 1. The minimum atomic E-state index is -0.644. The lowest BCUT2D eigenvalue weighted by molar-refractivity contribution is 0.0995. The first-order valence-corrected chi connectivity index (χ1v) is 11.5. The highest BCUT2D eigenvalue weighted by Crippen LogP contribution is 2.33. The molecule has 32 heavy (non-hydrogen) atoms. The van der Waals surface area contributed by atoms with E-state index in [2.05, 4.69) is 56.7 Å². The Morgan fingerprint density at radius 2 is 1.97 bits per heavy atom. The third-order valence-corrected chi connectivity index (χ3v) is 6.41. The van der Waals surface area contributed by atoms with Gasteiger partial charge in [-0.15, -0.1) is 10.2 Å². The zero-order chi connectivity index (χ0) is 22.7. The topological polar surface area (TPSA) is 118 Å². The SMILES string of the molecule is COc1cc2c(cc1Nc1nnc(C(N)=O)c(NC3CCCCC3)n1)CN(C(C)C)CC2. The van der Waals surface area contributed by atoms with Gasteiger partial charge in [0, 0.05) is 25.2 Å². The highest BCUT2D eigenvalue weighted by molar-refractivity contribution is 5.95. The van der Waals surface area contributed by atoms with Crippen LogP contribution in [0.25, 0.3) is 0 Å². The van der Waals surface area contributed by atoms with Crippen LogP contribution in [0.2, 0.25) is 0 Å². The summed E-state index contributed by atoms with van der Waals surface area (Å²) in [4.78, 5) is 18.9. The number of primary amides is 1. The molecule has 0 unspecified atom stereocenters. The van der Waals surface area contributed by atoms with E-state index in [9.17, 15) is 4.79 Å². The number of carbonyl (C=O) groups excluding carboxylic acids is 1. The van der Waals surface area contributed by atoms with E-state index in [1.807, 2.05) is 0 Å². The minimum absolute atomic E-state index is 0.0612. The summed E-state index contributed by atoms with van der Waals surface area (Å²) in [5.74, 6) is 0.758. The molecule has 9 heteroatoms. The van der Waals surface area contributed by atoms with Gasteiger partial charge in [0.25, 0.3) is 5.91 Å². The molecule has 1 aliphatic heterocycles. The third-order valence-electron chi connectivity index (χ3n) is 6.41. The molecule has 4 rings (SSSR count). The van der Waals surface area contributed by atoms with Gasteiger partial charge in [0.2, 0.25) is 5.95 Å². The Labute approximate surface area is 189 Å². The zero-order valence-corrected chi connectivity index (χ0v) is 19.1. The summed E-state index contributed by atoms with van der Waals surface area (Å²) in [6.07, 6.45) is 6.62. The lowest BCUT2D eigenvalue weighted by atomic mass is 9.95. The van der Waals surface area contributed by atoms with Crippen molar-refractivity contribution in [3.8, 4) is 5.75 Å². The highest BCUT2D eigenvalue weighted by Gasteiger charge is 2.23. The van der Waals surface area contributed by atoms with E-state index < -0.39 is 5.91 Å². The molecule has 4 N–H and O–H groups in total. The Morgan fingerprint density at radius 3 is 2.66 bits per heavy atom. The number of nitrogens with zero attached hydrogens (tertiary/aromatic N) is 4. The van der Waals surface area contributed by atoms with E-state index in [0.717, 1.165) is 56.6 Å². The van der Waals surface area contributed by atoms with Crippen molar-refractivity contribution in [3.05, 3.63) is 29.0 Å². The van der Waals surface area contributed by atoms with Crippen molar-refractivity contribution in [1.82, 2.24) is 20.1 Å². The van der Waals surface area contributed by atoms with E-state index >= 15 is 0 Å². The summed E-state index contributed by atoms with van der Waals surface area (Å²) >= 11 is 0. The molecule has 0 bridgehead atoms. The van der Waals surface area contributed by atoms with E-state index in [0.29, 0.717) is 17.8 Å². The van der Waals surface area contributed by atoms with Crippen LogP contribution < -0.4 is 21.1 Å². The molecule has 9 nitrogen and oxygen atoms in total. The molecule has 0 radical (unpaired) electrons.